The van der Waals surface area contributed by atoms with E-state index in [9.17, 15) is 18.9 Å². The fourth-order valence-corrected chi connectivity index (χ4v) is 2.26. The minimum atomic E-state index is -2.78. The molecule has 2 rings (SSSR count). The first-order chi connectivity index (χ1) is 9.33. The molecular formula is C13H16F2N2O3. The first-order valence-corrected chi connectivity index (χ1v) is 6.30. The molecule has 7 heteroatoms. The second-order valence-electron chi connectivity index (χ2n) is 5.13. The van der Waals surface area contributed by atoms with Gasteiger partial charge < -0.3 is 10.1 Å². The zero-order valence-corrected chi connectivity index (χ0v) is 11.2. The SMILES string of the molecule is CC1OCCC1(C)Nc1ccc([N+](=O)[O-])cc1C(F)F. The van der Waals surface area contributed by atoms with Gasteiger partial charge >= 0.3 is 0 Å². The number of alkyl halides is 2. The minimum absolute atomic E-state index is 0.122. The van der Waals surface area contributed by atoms with Crippen LogP contribution in [-0.2, 0) is 4.74 Å². The summed E-state index contributed by atoms with van der Waals surface area (Å²) < 4.78 is 31.6. The number of nitro groups is 1. The first kappa shape index (κ1) is 14.6. The van der Waals surface area contributed by atoms with Crippen molar-refractivity contribution in [3.05, 3.63) is 33.9 Å². The molecule has 0 aliphatic carbocycles. The molecule has 1 aromatic carbocycles. The summed E-state index contributed by atoms with van der Waals surface area (Å²) in [6.07, 6.45) is -2.21. The number of nitrogens with one attached hydrogen (secondary N) is 1. The lowest BCUT2D eigenvalue weighted by atomic mass is 9.93. The lowest BCUT2D eigenvalue weighted by Gasteiger charge is -2.31. The fraction of sp³-hybridized carbons (Fsp3) is 0.538. The zero-order chi connectivity index (χ0) is 14.9. The van der Waals surface area contributed by atoms with E-state index in [1.54, 1.807) is 0 Å². The van der Waals surface area contributed by atoms with Crippen LogP contribution in [0.4, 0.5) is 20.2 Å². The van der Waals surface area contributed by atoms with Gasteiger partial charge in [-0.2, -0.15) is 0 Å². The molecule has 1 aliphatic rings. The Morgan fingerprint density at radius 1 is 1.55 bits per heavy atom. The summed E-state index contributed by atoms with van der Waals surface area (Å²) >= 11 is 0. The van der Waals surface area contributed by atoms with Gasteiger partial charge in [0, 0.05) is 30.0 Å². The highest BCUT2D eigenvalue weighted by Crippen LogP contribution is 2.35. The van der Waals surface area contributed by atoms with Crippen LogP contribution in [0, 0.1) is 10.1 Å². The number of rotatable bonds is 4. The van der Waals surface area contributed by atoms with Crippen LogP contribution >= 0.6 is 0 Å². The maximum atomic E-state index is 13.1. The maximum Gasteiger partial charge on any atom is 0.270 e. The largest absolute Gasteiger partial charge is 0.377 e. The molecule has 0 saturated carbocycles. The van der Waals surface area contributed by atoms with Gasteiger partial charge in [-0.25, -0.2) is 8.78 Å². The van der Waals surface area contributed by atoms with Crippen LogP contribution in [-0.4, -0.2) is 23.2 Å². The Hall–Kier alpha value is -1.76. The van der Waals surface area contributed by atoms with Gasteiger partial charge in [0.2, 0.25) is 0 Å². The standard InChI is InChI=1S/C13H16F2N2O3/c1-8-13(2,5-6-20-8)16-11-4-3-9(17(18)19)7-10(11)12(14)15/h3-4,7-8,12,16H,5-6H2,1-2H3. The van der Waals surface area contributed by atoms with Crippen molar-refractivity contribution in [2.75, 3.05) is 11.9 Å². The van der Waals surface area contributed by atoms with Crippen LogP contribution in [0.5, 0.6) is 0 Å². The monoisotopic (exact) mass is 286 g/mol. The third kappa shape index (κ3) is 2.72. The van der Waals surface area contributed by atoms with Gasteiger partial charge in [0.05, 0.1) is 16.6 Å². The predicted molar refractivity (Wildman–Crippen MR) is 70.1 cm³/mol. The van der Waals surface area contributed by atoms with Gasteiger partial charge in [-0.1, -0.05) is 0 Å². The Balaban J connectivity index is 2.34. The Morgan fingerprint density at radius 3 is 2.75 bits per heavy atom. The van der Waals surface area contributed by atoms with Crippen LogP contribution < -0.4 is 5.32 Å². The van der Waals surface area contributed by atoms with Gasteiger partial charge in [0.15, 0.2) is 0 Å². The van der Waals surface area contributed by atoms with Crippen LogP contribution in [0.3, 0.4) is 0 Å². The molecule has 0 bridgehead atoms. The molecule has 5 nitrogen and oxygen atoms in total. The van der Waals surface area contributed by atoms with Crippen molar-refractivity contribution in [1.82, 2.24) is 0 Å². The number of hydrogen-bond acceptors (Lipinski definition) is 4. The molecule has 0 amide bonds. The summed E-state index contributed by atoms with van der Waals surface area (Å²) in [4.78, 5) is 9.99. The summed E-state index contributed by atoms with van der Waals surface area (Å²) in [5.74, 6) is 0. The highest BCUT2D eigenvalue weighted by molar-refractivity contribution is 5.58. The van der Waals surface area contributed by atoms with E-state index in [0.29, 0.717) is 13.0 Å². The predicted octanol–water partition coefficient (Wildman–Crippen LogP) is 3.51. The summed E-state index contributed by atoms with van der Waals surface area (Å²) in [6, 6.07) is 3.46. The summed E-state index contributed by atoms with van der Waals surface area (Å²) in [5.41, 5.74) is -0.948. The second kappa shape index (κ2) is 5.32. The van der Waals surface area contributed by atoms with E-state index in [-0.39, 0.29) is 23.0 Å². The normalized spacial score (nSPS) is 25.9. The van der Waals surface area contributed by atoms with E-state index in [1.807, 2.05) is 13.8 Å². The Morgan fingerprint density at radius 2 is 2.25 bits per heavy atom. The third-order valence-corrected chi connectivity index (χ3v) is 3.79. The first-order valence-electron chi connectivity index (χ1n) is 6.30. The van der Waals surface area contributed by atoms with Gasteiger partial charge in [-0.15, -0.1) is 0 Å². The van der Waals surface area contributed by atoms with Crippen molar-refractivity contribution < 1.29 is 18.4 Å². The molecule has 1 N–H and O–H groups in total. The van der Waals surface area contributed by atoms with Gasteiger partial charge in [0.25, 0.3) is 12.1 Å². The molecular weight excluding hydrogens is 270 g/mol. The molecule has 1 heterocycles. The zero-order valence-electron chi connectivity index (χ0n) is 11.2. The van der Waals surface area contributed by atoms with Gasteiger partial charge in [0.1, 0.15) is 0 Å². The lowest BCUT2D eigenvalue weighted by molar-refractivity contribution is -0.385. The van der Waals surface area contributed by atoms with Gasteiger partial charge in [-0.3, -0.25) is 10.1 Å². The quantitative estimate of drug-likeness (QED) is 0.679. The molecule has 20 heavy (non-hydrogen) atoms. The van der Waals surface area contributed by atoms with Crippen molar-refractivity contribution in [2.45, 2.75) is 38.3 Å². The average molecular weight is 286 g/mol. The highest BCUT2D eigenvalue weighted by atomic mass is 19.3. The number of ether oxygens (including phenoxy) is 1. The van der Waals surface area contributed by atoms with Gasteiger partial charge in [-0.05, 0) is 26.3 Å². The lowest BCUT2D eigenvalue weighted by Crippen LogP contribution is -2.41. The molecule has 1 fully saturated rings. The van der Waals surface area contributed by atoms with E-state index in [0.717, 1.165) is 6.07 Å². The summed E-state index contributed by atoms with van der Waals surface area (Å²) in [6.45, 7) is 4.32. The molecule has 1 aliphatic heterocycles. The second-order valence-corrected chi connectivity index (χ2v) is 5.13. The van der Waals surface area contributed by atoms with Crippen molar-refractivity contribution in [1.29, 1.82) is 0 Å². The Bertz CT molecular complexity index is 524. The van der Waals surface area contributed by atoms with Crippen molar-refractivity contribution >= 4 is 11.4 Å². The number of halogens is 2. The smallest absolute Gasteiger partial charge is 0.270 e. The maximum absolute atomic E-state index is 13.1. The molecule has 0 spiro atoms. The van der Waals surface area contributed by atoms with Crippen LogP contribution in [0.25, 0.3) is 0 Å². The molecule has 1 saturated heterocycles. The van der Waals surface area contributed by atoms with E-state index >= 15 is 0 Å². The van der Waals surface area contributed by atoms with Crippen LogP contribution in [0.2, 0.25) is 0 Å². The fourth-order valence-electron chi connectivity index (χ4n) is 2.26. The summed E-state index contributed by atoms with van der Waals surface area (Å²) in [5, 5.41) is 13.7. The van der Waals surface area contributed by atoms with Crippen LogP contribution in [0.1, 0.15) is 32.3 Å². The molecule has 0 radical (unpaired) electrons. The minimum Gasteiger partial charge on any atom is -0.377 e. The third-order valence-electron chi connectivity index (χ3n) is 3.79. The number of nitrogens with zero attached hydrogens (tertiary/aromatic N) is 1. The molecule has 2 unspecified atom stereocenters. The van der Waals surface area contributed by atoms with E-state index in [1.165, 1.54) is 12.1 Å². The molecule has 110 valence electrons. The summed E-state index contributed by atoms with van der Waals surface area (Å²) in [7, 11) is 0. The van der Waals surface area contributed by atoms with E-state index < -0.39 is 16.9 Å². The van der Waals surface area contributed by atoms with Crippen molar-refractivity contribution in [2.24, 2.45) is 0 Å². The number of hydrogen-bond donors (Lipinski definition) is 1. The highest BCUT2D eigenvalue weighted by Gasteiger charge is 2.37. The van der Waals surface area contributed by atoms with E-state index in [4.69, 9.17) is 4.74 Å². The van der Waals surface area contributed by atoms with E-state index in [2.05, 4.69) is 5.32 Å². The molecule has 2 atom stereocenters. The van der Waals surface area contributed by atoms with Crippen molar-refractivity contribution in [3.63, 3.8) is 0 Å². The molecule has 1 aromatic rings. The van der Waals surface area contributed by atoms with Crippen LogP contribution in [0.15, 0.2) is 18.2 Å². The average Bonchev–Trinajstić information content (AvgIpc) is 2.69. The van der Waals surface area contributed by atoms with Crippen molar-refractivity contribution in [3.8, 4) is 0 Å². The molecule has 0 aromatic heterocycles. The number of nitro benzene ring substituents is 1. The topological polar surface area (TPSA) is 64.4 Å². The number of benzene rings is 1. The Labute approximate surface area is 115 Å². The number of anilines is 1. The number of non-ortho nitro benzene ring substituents is 1. The Kier molecular flexibility index (Phi) is 3.89.